The van der Waals surface area contributed by atoms with Gasteiger partial charge in [0.05, 0.1) is 7.11 Å². The van der Waals surface area contributed by atoms with Crippen LogP contribution in [0, 0.1) is 0 Å². The Morgan fingerprint density at radius 1 is 1.27 bits per heavy atom. The standard InChI is InChI=1S/C12H23NO2/c1-3-8-11(12(14)15-2)13-9-6-4-5-7-10-13/h11H,3-10H2,1-2H3. The molecule has 3 nitrogen and oxygen atoms in total. The summed E-state index contributed by atoms with van der Waals surface area (Å²) in [4.78, 5) is 14.0. The Labute approximate surface area is 92.8 Å². The molecule has 3 heteroatoms. The van der Waals surface area contributed by atoms with Crippen molar-refractivity contribution >= 4 is 5.97 Å². The minimum Gasteiger partial charge on any atom is -0.468 e. The third-order valence-corrected chi connectivity index (χ3v) is 3.12. The minimum absolute atomic E-state index is 0.00176. The second-order valence-corrected chi connectivity index (χ2v) is 4.28. The van der Waals surface area contributed by atoms with Crippen LogP contribution in [0.3, 0.4) is 0 Å². The number of carbonyl (C=O) groups excluding carboxylic acids is 1. The maximum Gasteiger partial charge on any atom is 0.323 e. The van der Waals surface area contributed by atoms with Gasteiger partial charge < -0.3 is 4.74 Å². The quantitative estimate of drug-likeness (QED) is 0.670. The minimum atomic E-state index is -0.0567. The van der Waals surface area contributed by atoms with E-state index in [2.05, 4.69) is 11.8 Å². The summed E-state index contributed by atoms with van der Waals surface area (Å²) in [7, 11) is 1.49. The van der Waals surface area contributed by atoms with Crippen molar-refractivity contribution in [3.8, 4) is 0 Å². The average molecular weight is 213 g/mol. The summed E-state index contributed by atoms with van der Waals surface area (Å²) in [5.74, 6) is -0.0567. The summed E-state index contributed by atoms with van der Waals surface area (Å²) in [6, 6.07) is -0.00176. The lowest BCUT2D eigenvalue weighted by atomic mass is 10.1. The van der Waals surface area contributed by atoms with Crippen LogP contribution < -0.4 is 0 Å². The van der Waals surface area contributed by atoms with E-state index in [1.807, 2.05) is 0 Å². The lowest BCUT2D eigenvalue weighted by molar-refractivity contribution is -0.147. The van der Waals surface area contributed by atoms with Gasteiger partial charge in [0.15, 0.2) is 0 Å². The van der Waals surface area contributed by atoms with E-state index < -0.39 is 0 Å². The monoisotopic (exact) mass is 213 g/mol. The summed E-state index contributed by atoms with van der Waals surface area (Å²) in [6.07, 6.45) is 7.00. The zero-order valence-electron chi connectivity index (χ0n) is 10.00. The maximum atomic E-state index is 11.6. The van der Waals surface area contributed by atoms with E-state index in [1.165, 1.54) is 32.8 Å². The molecule has 0 amide bonds. The smallest absolute Gasteiger partial charge is 0.323 e. The zero-order valence-corrected chi connectivity index (χ0v) is 10.00. The Morgan fingerprint density at radius 2 is 1.87 bits per heavy atom. The summed E-state index contributed by atoms with van der Waals surface area (Å²) < 4.78 is 4.88. The van der Waals surface area contributed by atoms with E-state index >= 15 is 0 Å². The van der Waals surface area contributed by atoms with Gasteiger partial charge in [-0.1, -0.05) is 26.2 Å². The molecule has 88 valence electrons. The van der Waals surface area contributed by atoms with Gasteiger partial charge in [0.1, 0.15) is 6.04 Å². The van der Waals surface area contributed by atoms with Crippen LogP contribution in [0.15, 0.2) is 0 Å². The van der Waals surface area contributed by atoms with Crippen molar-refractivity contribution in [2.75, 3.05) is 20.2 Å². The van der Waals surface area contributed by atoms with Crippen molar-refractivity contribution in [3.05, 3.63) is 0 Å². The van der Waals surface area contributed by atoms with E-state index in [4.69, 9.17) is 4.74 Å². The largest absolute Gasteiger partial charge is 0.468 e. The number of hydrogen-bond acceptors (Lipinski definition) is 3. The lowest BCUT2D eigenvalue weighted by Gasteiger charge is -2.28. The molecule has 0 N–H and O–H groups in total. The molecule has 1 aliphatic heterocycles. The van der Waals surface area contributed by atoms with Gasteiger partial charge in [-0.25, -0.2) is 0 Å². The van der Waals surface area contributed by atoms with Crippen molar-refractivity contribution < 1.29 is 9.53 Å². The molecule has 1 atom stereocenters. The van der Waals surface area contributed by atoms with E-state index in [0.717, 1.165) is 25.9 Å². The highest BCUT2D eigenvalue weighted by Crippen LogP contribution is 2.16. The van der Waals surface area contributed by atoms with Gasteiger partial charge in [-0.3, -0.25) is 9.69 Å². The van der Waals surface area contributed by atoms with E-state index in [0.29, 0.717) is 0 Å². The Balaban J connectivity index is 2.55. The second kappa shape index (κ2) is 6.83. The fourth-order valence-electron chi connectivity index (χ4n) is 2.27. The molecule has 1 aliphatic rings. The Kier molecular flexibility index (Phi) is 5.69. The van der Waals surface area contributed by atoms with E-state index in [9.17, 15) is 4.79 Å². The molecule has 0 radical (unpaired) electrons. The SMILES string of the molecule is CCCC(C(=O)OC)N1CCCCCC1. The molecule has 0 bridgehead atoms. The van der Waals surface area contributed by atoms with Crippen LogP contribution in [0.4, 0.5) is 0 Å². The molecule has 15 heavy (non-hydrogen) atoms. The van der Waals surface area contributed by atoms with Gasteiger partial charge in [0, 0.05) is 0 Å². The van der Waals surface area contributed by atoms with Crippen molar-refractivity contribution in [1.82, 2.24) is 4.90 Å². The van der Waals surface area contributed by atoms with Crippen molar-refractivity contribution in [1.29, 1.82) is 0 Å². The fourth-order valence-corrected chi connectivity index (χ4v) is 2.27. The van der Waals surface area contributed by atoms with Crippen LogP contribution in [0.2, 0.25) is 0 Å². The van der Waals surface area contributed by atoms with Gasteiger partial charge in [-0.05, 0) is 32.4 Å². The van der Waals surface area contributed by atoms with Gasteiger partial charge in [-0.15, -0.1) is 0 Å². The predicted octanol–water partition coefficient (Wildman–Crippen LogP) is 2.20. The van der Waals surface area contributed by atoms with Gasteiger partial charge >= 0.3 is 5.97 Å². The summed E-state index contributed by atoms with van der Waals surface area (Å²) >= 11 is 0. The summed E-state index contributed by atoms with van der Waals surface area (Å²) in [6.45, 7) is 4.23. The van der Waals surface area contributed by atoms with E-state index in [-0.39, 0.29) is 12.0 Å². The third-order valence-electron chi connectivity index (χ3n) is 3.12. The molecule has 0 spiro atoms. The molecule has 0 aromatic carbocycles. The molecule has 0 aliphatic carbocycles. The number of ether oxygens (including phenoxy) is 1. The molecular weight excluding hydrogens is 190 g/mol. The first-order valence-corrected chi connectivity index (χ1v) is 6.11. The first-order chi connectivity index (χ1) is 7.29. The molecule has 1 unspecified atom stereocenters. The molecule has 1 heterocycles. The molecule has 0 aromatic heterocycles. The number of esters is 1. The third kappa shape index (κ3) is 3.82. The van der Waals surface area contributed by atoms with Crippen LogP contribution in [0.1, 0.15) is 45.4 Å². The Bertz CT molecular complexity index is 186. The molecule has 1 rings (SSSR count). The van der Waals surface area contributed by atoms with E-state index in [1.54, 1.807) is 0 Å². The first kappa shape index (κ1) is 12.5. The topological polar surface area (TPSA) is 29.5 Å². The Hall–Kier alpha value is -0.570. The molecule has 0 aromatic rings. The van der Waals surface area contributed by atoms with Gasteiger partial charge in [-0.2, -0.15) is 0 Å². The zero-order chi connectivity index (χ0) is 11.1. The van der Waals surface area contributed by atoms with Crippen molar-refractivity contribution in [2.45, 2.75) is 51.5 Å². The van der Waals surface area contributed by atoms with Crippen LogP contribution >= 0.6 is 0 Å². The number of methoxy groups -OCH3 is 1. The molecular formula is C12H23NO2. The van der Waals surface area contributed by atoms with Crippen LogP contribution in [0.5, 0.6) is 0 Å². The normalized spacial score (nSPS) is 20.7. The lowest BCUT2D eigenvalue weighted by Crippen LogP contribution is -2.42. The molecule has 0 saturated carbocycles. The highest BCUT2D eigenvalue weighted by molar-refractivity contribution is 5.75. The fraction of sp³-hybridized carbons (Fsp3) is 0.917. The van der Waals surface area contributed by atoms with Crippen molar-refractivity contribution in [3.63, 3.8) is 0 Å². The molecule has 1 saturated heterocycles. The molecule has 1 fully saturated rings. The predicted molar refractivity (Wildman–Crippen MR) is 60.8 cm³/mol. The number of hydrogen-bond donors (Lipinski definition) is 0. The summed E-state index contributed by atoms with van der Waals surface area (Å²) in [5, 5.41) is 0. The highest BCUT2D eigenvalue weighted by atomic mass is 16.5. The average Bonchev–Trinajstić information content (AvgIpc) is 2.53. The van der Waals surface area contributed by atoms with Crippen LogP contribution in [0.25, 0.3) is 0 Å². The van der Waals surface area contributed by atoms with Crippen molar-refractivity contribution in [2.24, 2.45) is 0 Å². The number of carbonyl (C=O) groups is 1. The first-order valence-electron chi connectivity index (χ1n) is 6.11. The Morgan fingerprint density at radius 3 is 2.33 bits per heavy atom. The van der Waals surface area contributed by atoms with Gasteiger partial charge in [0.25, 0.3) is 0 Å². The number of rotatable bonds is 4. The maximum absolute atomic E-state index is 11.6. The number of likely N-dealkylation sites (tertiary alicyclic amines) is 1. The van der Waals surface area contributed by atoms with Crippen LogP contribution in [-0.2, 0) is 9.53 Å². The summed E-state index contributed by atoms with van der Waals surface area (Å²) in [5.41, 5.74) is 0. The second-order valence-electron chi connectivity index (χ2n) is 4.28. The highest BCUT2D eigenvalue weighted by Gasteiger charge is 2.25. The van der Waals surface area contributed by atoms with Gasteiger partial charge in [0.2, 0.25) is 0 Å². The van der Waals surface area contributed by atoms with Crippen LogP contribution in [-0.4, -0.2) is 37.1 Å². The number of nitrogens with zero attached hydrogens (tertiary/aromatic N) is 1.